The number of hydrogen-bond acceptors (Lipinski definition) is 3. The number of benzene rings is 1. The molecular formula is C12H14O3. The quantitative estimate of drug-likeness (QED) is 0.576. The van der Waals surface area contributed by atoms with Crippen molar-refractivity contribution < 1.29 is 15.0 Å². The van der Waals surface area contributed by atoms with E-state index in [1.54, 1.807) is 12.1 Å². The van der Waals surface area contributed by atoms with Gasteiger partial charge in [-0.15, -0.1) is 0 Å². The molecule has 0 aromatic heterocycles. The fraction of sp³-hybridized carbons (Fsp3) is 0.250. The van der Waals surface area contributed by atoms with Gasteiger partial charge in [-0.25, -0.2) is 0 Å². The Morgan fingerprint density at radius 1 is 1.27 bits per heavy atom. The summed E-state index contributed by atoms with van der Waals surface area (Å²) in [5.74, 6) is 0. The fourth-order valence-electron chi connectivity index (χ4n) is 1.37. The van der Waals surface area contributed by atoms with Gasteiger partial charge in [-0.05, 0) is 41.3 Å². The predicted molar refractivity (Wildman–Crippen MR) is 58.0 cm³/mol. The van der Waals surface area contributed by atoms with Crippen LogP contribution in [0.2, 0.25) is 0 Å². The summed E-state index contributed by atoms with van der Waals surface area (Å²) in [4.78, 5) is 10.3. The maximum absolute atomic E-state index is 10.3. The minimum absolute atomic E-state index is 0.0907. The molecule has 2 N–H and O–H groups in total. The van der Waals surface area contributed by atoms with E-state index in [1.807, 2.05) is 13.0 Å². The van der Waals surface area contributed by atoms with Crippen molar-refractivity contribution in [3.63, 3.8) is 0 Å². The molecule has 0 aliphatic heterocycles. The molecule has 0 saturated carbocycles. The van der Waals surface area contributed by atoms with Crippen LogP contribution in [-0.4, -0.2) is 16.5 Å². The summed E-state index contributed by atoms with van der Waals surface area (Å²) in [6.07, 6.45) is 2.20. The van der Waals surface area contributed by atoms with Crippen molar-refractivity contribution in [1.29, 1.82) is 0 Å². The molecule has 0 fully saturated rings. The van der Waals surface area contributed by atoms with Crippen molar-refractivity contribution in [1.82, 2.24) is 0 Å². The van der Waals surface area contributed by atoms with Crippen LogP contribution in [0.15, 0.2) is 24.3 Å². The van der Waals surface area contributed by atoms with Crippen molar-refractivity contribution in [3.05, 3.63) is 41.0 Å². The standard InChI is InChI=1S/C12H14O3/c1-9(4-5-13)10-2-3-11(7-14)12(6-10)8-15/h2-6,14-15H,7-8H2,1H3/b9-4+. The van der Waals surface area contributed by atoms with Crippen molar-refractivity contribution in [2.24, 2.45) is 0 Å². The molecule has 0 aliphatic rings. The molecule has 0 saturated heterocycles. The minimum atomic E-state index is -0.113. The summed E-state index contributed by atoms with van der Waals surface area (Å²) >= 11 is 0. The van der Waals surface area contributed by atoms with E-state index < -0.39 is 0 Å². The number of carbonyl (C=O) groups is 1. The molecule has 0 bridgehead atoms. The summed E-state index contributed by atoms with van der Waals surface area (Å²) in [6, 6.07) is 5.35. The lowest BCUT2D eigenvalue weighted by atomic mass is 10.0. The highest BCUT2D eigenvalue weighted by atomic mass is 16.3. The van der Waals surface area contributed by atoms with Crippen molar-refractivity contribution >= 4 is 11.9 Å². The molecular weight excluding hydrogens is 192 g/mol. The Morgan fingerprint density at radius 3 is 2.47 bits per heavy atom. The Morgan fingerprint density at radius 2 is 1.93 bits per heavy atom. The van der Waals surface area contributed by atoms with E-state index in [9.17, 15) is 4.79 Å². The first-order chi connectivity index (χ1) is 7.22. The lowest BCUT2D eigenvalue weighted by Crippen LogP contribution is -1.95. The molecule has 0 atom stereocenters. The van der Waals surface area contributed by atoms with Crippen LogP contribution in [0.5, 0.6) is 0 Å². The van der Waals surface area contributed by atoms with Crippen LogP contribution in [0.1, 0.15) is 23.6 Å². The third-order valence-corrected chi connectivity index (χ3v) is 2.32. The Hall–Kier alpha value is -1.45. The Kier molecular flexibility index (Phi) is 4.21. The molecule has 1 rings (SSSR count). The minimum Gasteiger partial charge on any atom is -0.392 e. The molecule has 0 unspecified atom stereocenters. The smallest absolute Gasteiger partial charge is 0.143 e. The van der Waals surface area contributed by atoms with Crippen LogP contribution in [0.4, 0.5) is 0 Å². The zero-order chi connectivity index (χ0) is 11.3. The first-order valence-corrected chi connectivity index (χ1v) is 4.69. The summed E-state index contributed by atoms with van der Waals surface area (Å²) in [6.45, 7) is 1.62. The molecule has 3 heteroatoms. The van der Waals surface area contributed by atoms with Crippen molar-refractivity contribution in [2.45, 2.75) is 20.1 Å². The van der Waals surface area contributed by atoms with Gasteiger partial charge in [-0.1, -0.05) is 12.1 Å². The number of aliphatic hydroxyl groups excluding tert-OH is 2. The maximum atomic E-state index is 10.3. The average molecular weight is 206 g/mol. The van der Waals surface area contributed by atoms with Gasteiger partial charge in [-0.2, -0.15) is 0 Å². The van der Waals surface area contributed by atoms with Crippen molar-refractivity contribution in [3.8, 4) is 0 Å². The molecule has 0 amide bonds. The Labute approximate surface area is 88.7 Å². The number of aldehydes is 1. The van der Waals surface area contributed by atoms with E-state index in [0.29, 0.717) is 11.1 Å². The summed E-state index contributed by atoms with van der Waals surface area (Å²) in [5.41, 5.74) is 3.11. The first kappa shape index (κ1) is 11.6. The van der Waals surface area contributed by atoms with Crippen molar-refractivity contribution in [2.75, 3.05) is 0 Å². The van der Waals surface area contributed by atoms with Crippen LogP contribution in [-0.2, 0) is 18.0 Å². The second-order valence-corrected chi connectivity index (χ2v) is 3.29. The van der Waals surface area contributed by atoms with Gasteiger partial charge in [0.25, 0.3) is 0 Å². The SMILES string of the molecule is C/C(=C\C=O)c1ccc(CO)c(CO)c1. The highest BCUT2D eigenvalue weighted by Gasteiger charge is 2.03. The molecule has 80 valence electrons. The maximum Gasteiger partial charge on any atom is 0.143 e. The number of aliphatic hydroxyl groups is 2. The molecule has 0 heterocycles. The second kappa shape index (κ2) is 5.44. The molecule has 0 radical (unpaired) electrons. The predicted octanol–water partition coefficient (Wildman–Crippen LogP) is 1.27. The van der Waals surface area contributed by atoms with Gasteiger partial charge >= 0.3 is 0 Å². The highest BCUT2D eigenvalue weighted by molar-refractivity contribution is 5.80. The van der Waals surface area contributed by atoms with E-state index in [1.165, 1.54) is 6.08 Å². The normalized spacial score (nSPS) is 11.5. The van der Waals surface area contributed by atoms with Gasteiger partial charge in [0.2, 0.25) is 0 Å². The summed E-state index contributed by atoms with van der Waals surface area (Å²) in [5, 5.41) is 18.1. The molecule has 1 aromatic rings. The lowest BCUT2D eigenvalue weighted by Gasteiger charge is -2.07. The van der Waals surface area contributed by atoms with Crippen LogP contribution >= 0.6 is 0 Å². The van der Waals surface area contributed by atoms with Gasteiger partial charge in [0.1, 0.15) is 6.29 Å². The van der Waals surface area contributed by atoms with E-state index >= 15 is 0 Å². The highest BCUT2D eigenvalue weighted by Crippen LogP contribution is 2.18. The number of carbonyl (C=O) groups excluding carboxylic acids is 1. The second-order valence-electron chi connectivity index (χ2n) is 3.29. The third kappa shape index (κ3) is 2.75. The lowest BCUT2D eigenvalue weighted by molar-refractivity contribution is -0.104. The van der Waals surface area contributed by atoms with Crippen LogP contribution < -0.4 is 0 Å². The largest absolute Gasteiger partial charge is 0.392 e. The van der Waals surface area contributed by atoms with Crippen LogP contribution in [0.25, 0.3) is 5.57 Å². The molecule has 1 aromatic carbocycles. The monoisotopic (exact) mass is 206 g/mol. The molecule has 0 spiro atoms. The average Bonchev–Trinajstić information content (AvgIpc) is 2.28. The third-order valence-electron chi connectivity index (χ3n) is 2.32. The summed E-state index contributed by atoms with van der Waals surface area (Å²) < 4.78 is 0. The van der Waals surface area contributed by atoms with E-state index in [2.05, 4.69) is 0 Å². The van der Waals surface area contributed by atoms with E-state index in [4.69, 9.17) is 10.2 Å². The van der Waals surface area contributed by atoms with Gasteiger partial charge in [0.05, 0.1) is 13.2 Å². The zero-order valence-corrected chi connectivity index (χ0v) is 8.60. The van der Waals surface area contributed by atoms with E-state index in [0.717, 1.165) is 17.4 Å². The van der Waals surface area contributed by atoms with Crippen LogP contribution in [0, 0.1) is 0 Å². The molecule has 0 aliphatic carbocycles. The molecule has 15 heavy (non-hydrogen) atoms. The Balaban J connectivity index is 3.13. The summed E-state index contributed by atoms with van der Waals surface area (Å²) in [7, 11) is 0. The van der Waals surface area contributed by atoms with Gasteiger partial charge in [0, 0.05) is 0 Å². The van der Waals surface area contributed by atoms with Gasteiger partial charge in [0.15, 0.2) is 0 Å². The van der Waals surface area contributed by atoms with Gasteiger partial charge in [-0.3, -0.25) is 4.79 Å². The Bertz CT molecular complexity index is 380. The fourth-order valence-corrected chi connectivity index (χ4v) is 1.37. The molecule has 3 nitrogen and oxygen atoms in total. The first-order valence-electron chi connectivity index (χ1n) is 4.69. The number of rotatable bonds is 4. The van der Waals surface area contributed by atoms with E-state index in [-0.39, 0.29) is 13.2 Å². The number of hydrogen-bond donors (Lipinski definition) is 2. The van der Waals surface area contributed by atoms with Gasteiger partial charge < -0.3 is 10.2 Å². The zero-order valence-electron chi connectivity index (χ0n) is 8.60. The number of allylic oxidation sites excluding steroid dienone is 2. The van der Waals surface area contributed by atoms with Crippen LogP contribution in [0.3, 0.4) is 0 Å². The topological polar surface area (TPSA) is 57.5 Å².